The first-order chi connectivity index (χ1) is 20.1. The molecule has 4 aromatic rings. The fourth-order valence-corrected chi connectivity index (χ4v) is 5.90. The highest BCUT2D eigenvalue weighted by Gasteiger charge is 2.22. The SMILES string of the molecule is COc1ccc(CN(CCOC(N)=O)c2cccc(NS(=O)(=O)c3cc(-c4cc(Cl)ccc4Cl)ccc3OC)c2)cc1. The van der Waals surface area contributed by atoms with E-state index in [0.717, 1.165) is 11.3 Å². The van der Waals surface area contributed by atoms with Gasteiger partial charge in [0, 0.05) is 27.8 Å². The molecule has 0 aliphatic carbocycles. The van der Waals surface area contributed by atoms with Gasteiger partial charge in [0.2, 0.25) is 0 Å². The van der Waals surface area contributed by atoms with Gasteiger partial charge in [0.25, 0.3) is 10.0 Å². The standard InChI is InChI=1S/C30H29Cl2N3O6S/c1-39-25-10-6-20(7-11-25)19-35(14-15-41-30(33)36)24-5-3-4-23(18-24)34-42(37,38)29-16-21(8-13-28(29)40-2)26-17-22(31)9-12-27(26)32/h3-13,16-18,34H,14-15,19H2,1-2H3,(H2,33,36). The lowest BCUT2D eigenvalue weighted by molar-refractivity contribution is 0.159. The van der Waals surface area contributed by atoms with E-state index in [0.29, 0.717) is 45.6 Å². The molecular formula is C30H29Cl2N3O6S. The van der Waals surface area contributed by atoms with Crippen molar-refractivity contribution < 1.29 is 27.4 Å². The zero-order valence-corrected chi connectivity index (χ0v) is 25.2. The number of nitrogens with one attached hydrogen (secondary N) is 1. The first-order valence-corrected chi connectivity index (χ1v) is 14.9. The van der Waals surface area contributed by atoms with Crippen molar-refractivity contribution >= 4 is 50.7 Å². The Morgan fingerprint density at radius 1 is 0.929 bits per heavy atom. The Labute approximate surface area is 254 Å². The topological polar surface area (TPSA) is 120 Å². The molecule has 0 saturated carbocycles. The molecule has 0 aromatic heterocycles. The average Bonchev–Trinajstić information content (AvgIpc) is 2.97. The molecule has 0 heterocycles. The molecule has 220 valence electrons. The third kappa shape index (κ3) is 7.79. The molecule has 0 spiro atoms. The predicted octanol–water partition coefficient (Wildman–Crippen LogP) is 6.58. The Morgan fingerprint density at radius 2 is 1.69 bits per heavy atom. The van der Waals surface area contributed by atoms with Crippen LogP contribution in [-0.2, 0) is 21.3 Å². The van der Waals surface area contributed by atoms with E-state index >= 15 is 0 Å². The van der Waals surface area contributed by atoms with E-state index in [9.17, 15) is 13.2 Å². The molecule has 0 atom stereocenters. The van der Waals surface area contributed by atoms with Crippen molar-refractivity contribution in [1.82, 2.24) is 0 Å². The molecule has 9 nitrogen and oxygen atoms in total. The maximum Gasteiger partial charge on any atom is 0.404 e. The molecule has 42 heavy (non-hydrogen) atoms. The van der Waals surface area contributed by atoms with Crippen LogP contribution in [0.5, 0.6) is 11.5 Å². The normalized spacial score (nSPS) is 11.0. The monoisotopic (exact) mass is 629 g/mol. The van der Waals surface area contributed by atoms with Crippen LogP contribution in [0, 0.1) is 0 Å². The van der Waals surface area contributed by atoms with Crippen LogP contribution in [0.25, 0.3) is 11.1 Å². The highest BCUT2D eigenvalue weighted by molar-refractivity contribution is 7.92. The van der Waals surface area contributed by atoms with Crippen LogP contribution >= 0.6 is 23.2 Å². The smallest absolute Gasteiger partial charge is 0.404 e. The number of sulfonamides is 1. The minimum atomic E-state index is -4.12. The van der Waals surface area contributed by atoms with Gasteiger partial charge in [-0.3, -0.25) is 4.72 Å². The first kappa shape index (κ1) is 30.8. The fourth-order valence-electron chi connectivity index (χ4n) is 4.26. The Bertz CT molecular complexity index is 1670. The number of hydrogen-bond acceptors (Lipinski definition) is 7. The van der Waals surface area contributed by atoms with Crippen LogP contribution < -0.4 is 24.8 Å². The highest BCUT2D eigenvalue weighted by Crippen LogP contribution is 2.36. The zero-order valence-electron chi connectivity index (χ0n) is 22.8. The number of rotatable bonds is 12. The molecule has 0 saturated heterocycles. The van der Waals surface area contributed by atoms with E-state index in [1.165, 1.54) is 13.2 Å². The highest BCUT2D eigenvalue weighted by atomic mass is 35.5. The lowest BCUT2D eigenvalue weighted by Gasteiger charge is -2.25. The van der Waals surface area contributed by atoms with Crippen molar-refractivity contribution in [2.75, 3.05) is 37.0 Å². The van der Waals surface area contributed by atoms with Crippen molar-refractivity contribution in [1.29, 1.82) is 0 Å². The Hall–Kier alpha value is -4.12. The summed E-state index contributed by atoms with van der Waals surface area (Å²) in [5, 5.41) is 0.885. The lowest BCUT2D eigenvalue weighted by Crippen LogP contribution is -2.29. The van der Waals surface area contributed by atoms with Crippen LogP contribution in [0.3, 0.4) is 0 Å². The summed E-state index contributed by atoms with van der Waals surface area (Å²) in [7, 11) is -1.13. The summed E-state index contributed by atoms with van der Waals surface area (Å²) in [5.74, 6) is 0.876. The van der Waals surface area contributed by atoms with Gasteiger partial charge in [-0.1, -0.05) is 47.5 Å². The number of ether oxygens (including phenoxy) is 3. The molecule has 0 unspecified atom stereocenters. The minimum absolute atomic E-state index is 0.0392. The van der Waals surface area contributed by atoms with Gasteiger partial charge >= 0.3 is 6.09 Å². The molecule has 0 aliphatic rings. The van der Waals surface area contributed by atoms with Gasteiger partial charge < -0.3 is 24.8 Å². The van der Waals surface area contributed by atoms with Gasteiger partial charge in [-0.15, -0.1) is 0 Å². The molecule has 0 aliphatic heterocycles. The molecule has 0 bridgehead atoms. The number of carbonyl (C=O) groups excluding carboxylic acids is 1. The van der Waals surface area contributed by atoms with E-state index < -0.39 is 16.1 Å². The number of amides is 1. The molecule has 0 fully saturated rings. The Balaban J connectivity index is 1.64. The number of methoxy groups -OCH3 is 2. The number of hydrogen-bond donors (Lipinski definition) is 2. The van der Waals surface area contributed by atoms with Crippen molar-refractivity contribution in [2.45, 2.75) is 11.4 Å². The molecule has 12 heteroatoms. The average molecular weight is 631 g/mol. The first-order valence-electron chi connectivity index (χ1n) is 12.7. The number of primary amides is 1. The molecule has 3 N–H and O–H groups in total. The van der Waals surface area contributed by atoms with Gasteiger partial charge in [-0.05, 0) is 71.8 Å². The third-order valence-electron chi connectivity index (χ3n) is 6.29. The maximum absolute atomic E-state index is 13.6. The summed E-state index contributed by atoms with van der Waals surface area (Å²) < 4.78 is 45.5. The van der Waals surface area contributed by atoms with Crippen LogP contribution in [-0.4, -0.2) is 41.9 Å². The largest absolute Gasteiger partial charge is 0.497 e. The van der Waals surface area contributed by atoms with Gasteiger partial charge in [0.05, 0.1) is 26.5 Å². The minimum Gasteiger partial charge on any atom is -0.497 e. The van der Waals surface area contributed by atoms with Gasteiger partial charge in [0.15, 0.2) is 0 Å². The van der Waals surface area contributed by atoms with Crippen molar-refractivity contribution in [3.63, 3.8) is 0 Å². The molecule has 0 radical (unpaired) electrons. The third-order valence-corrected chi connectivity index (χ3v) is 8.26. The van der Waals surface area contributed by atoms with Crippen LogP contribution in [0.15, 0.2) is 89.8 Å². The summed E-state index contributed by atoms with van der Waals surface area (Å²) in [5.41, 5.74) is 8.24. The summed E-state index contributed by atoms with van der Waals surface area (Å²) in [4.78, 5) is 13.0. The maximum atomic E-state index is 13.6. The van der Waals surface area contributed by atoms with Crippen molar-refractivity contribution in [3.8, 4) is 22.6 Å². The Morgan fingerprint density at radius 3 is 2.38 bits per heavy atom. The summed E-state index contributed by atoms with van der Waals surface area (Å²) in [6.07, 6.45) is -0.879. The molecule has 4 aromatic carbocycles. The molecular weight excluding hydrogens is 601 g/mol. The second-order valence-electron chi connectivity index (χ2n) is 9.08. The predicted molar refractivity (Wildman–Crippen MR) is 165 cm³/mol. The zero-order chi connectivity index (χ0) is 30.3. The number of carbonyl (C=O) groups is 1. The Kier molecular flexibility index (Phi) is 10.1. The van der Waals surface area contributed by atoms with Gasteiger partial charge in [-0.25, -0.2) is 13.2 Å². The summed E-state index contributed by atoms with van der Waals surface area (Å²) in [6.45, 7) is 0.789. The van der Waals surface area contributed by atoms with E-state index in [4.69, 9.17) is 43.1 Å². The molecule has 1 amide bonds. The fraction of sp³-hybridized carbons (Fsp3) is 0.167. The number of nitrogens with two attached hydrogens (primary N) is 1. The number of halogens is 2. The van der Waals surface area contributed by atoms with E-state index in [1.807, 2.05) is 35.2 Å². The van der Waals surface area contributed by atoms with E-state index in [-0.39, 0.29) is 17.3 Å². The van der Waals surface area contributed by atoms with Gasteiger partial charge in [0.1, 0.15) is 23.0 Å². The van der Waals surface area contributed by atoms with Crippen LogP contribution in [0.4, 0.5) is 16.2 Å². The lowest BCUT2D eigenvalue weighted by atomic mass is 10.1. The quantitative estimate of drug-likeness (QED) is 0.181. The van der Waals surface area contributed by atoms with E-state index in [2.05, 4.69) is 4.72 Å². The summed E-state index contributed by atoms with van der Waals surface area (Å²) in [6, 6.07) is 24.1. The van der Waals surface area contributed by atoms with Crippen molar-refractivity contribution in [3.05, 3.63) is 101 Å². The number of benzene rings is 4. The second kappa shape index (κ2) is 13.7. The second-order valence-corrected chi connectivity index (χ2v) is 11.6. The summed E-state index contributed by atoms with van der Waals surface area (Å²) >= 11 is 12.5. The number of nitrogens with zero attached hydrogens (tertiary/aromatic N) is 1. The van der Waals surface area contributed by atoms with E-state index in [1.54, 1.807) is 55.6 Å². The van der Waals surface area contributed by atoms with Crippen LogP contribution in [0.2, 0.25) is 10.0 Å². The number of anilines is 2. The molecule has 4 rings (SSSR count). The van der Waals surface area contributed by atoms with Crippen molar-refractivity contribution in [2.24, 2.45) is 5.73 Å². The van der Waals surface area contributed by atoms with Gasteiger partial charge in [-0.2, -0.15) is 0 Å². The van der Waals surface area contributed by atoms with Crippen LogP contribution in [0.1, 0.15) is 5.56 Å².